The molecule has 2 aliphatic heterocycles. The van der Waals surface area contributed by atoms with Crippen molar-refractivity contribution in [3.8, 4) is 11.5 Å². The van der Waals surface area contributed by atoms with Crippen LogP contribution in [-0.4, -0.2) is 54.7 Å². The molecule has 2 aromatic rings. The minimum absolute atomic E-state index is 0. The van der Waals surface area contributed by atoms with Gasteiger partial charge in [0.25, 0.3) is 0 Å². The molecule has 2 aromatic carbocycles. The Bertz CT molecular complexity index is 1510. The summed E-state index contributed by atoms with van der Waals surface area (Å²) in [5.74, 6) is -0.856. The van der Waals surface area contributed by atoms with Gasteiger partial charge in [-0.15, -0.1) is 0 Å². The third-order valence-electron chi connectivity index (χ3n) is 7.10. The molecular weight excluding hydrogens is 820 g/mol. The molecule has 2 heterocycles. The topological polar surface area (TPSA) is 132 Å². The van der Waals surface area contributed by atoms with Gasteiger partial charge in [0.2, 0.25) is 11.8 Å². The van der Waals surface area contributed by atoms with Crippen molar-refractivity contribution in [2.75, 3.05) is 7.11 Å². The van der Waals surface area contributed by atoms with E-state index in [1.54, 1.807) is 63.2 Å². The fourth-order valence-corrected chi connectivity index (χ4v) is 4.57. The van der Waals surface area contributed by atoms with E-state index in [1.165, 1.54) is 7.11 Å². The van der Waals surface area contributed by atoms with Crippen molar-refractivity contribution >= 4 is 31.7 Å². The average Bonchev–Trinajstić information content (AvgIpc) is 3.61. The van der Waals surface area contributed by atoms with Gasteiger partial charge >= 0.3 is 64.5 Å². The second-order valence-electron chi connectivity index (χ2n) is 12.9. The van der Waals surface area contributed by atoms with Crippen LogP contribution in [0.4, 0.5) is 30.0 Å². The standard InChI is InChI=1S/C30H39N3O7.C5H5.F6P.Ru/c1-7-18(2)25-27(35)31-24(28(36)38-6)17-20-9-8-10-22(15-20)39-21-13-11-19(12-14-21)16-23(26(34)33-25)32-29(37)40-30(3,4)5;1-2-4-5-3-1;1-7(2,3,4,5)6;/h8-15,18,23-25H,7,16-17H2,1-6H3,(H,31,35)(H,32,37)(H,33,34);1-5H;;/q;;-1;+2/t18-,23-,24-,25-;;;/m0.../s1. The molecule has 1 fully saturated rings. The largest absolute Gasteiger partial charge is 2.00 e. The Labute approximate surface area is 318 Å². The van der Waals surface area contributed by atoms with Crippen LogP contribution in [0.15, 0.2) is 48.5 Å². The summed E-state index contributed by atoms with van der Waals surface area (Å²) in [5.41, 5.74) is 0.742. The Morgan fingerprint density at radius 1 is 0.868 bits per heavy atom. The zero-order valence-corrected chi connectivity index (χ0v) is 32.5. The molecule has 3 amide bonds. The first kappa shape index (κ1) is 47.6. The SMILES string of the molecule is CC[C@H](C)[C@@H]1NC(=O)[C@@H](NC(=O)OC(C)(C)C)Cc2ccc(cc2)Oc2cccc(c2)C[C@@H](C(=O)OC)NC1=O.F[P-](F)(F)(F)(F)F.[CH]1[CH][CH][CH][CH]1.[Ru+2]. The maximum Gasteiger partial charge on any atom is 2.00 e. The van der Waals surface area contributed by atoms with Crippen LogP contribution in [0.2, 0.25) is 0 Å². The minimum atomic E-state index is -10.7. The van der Waals surface area contributed by atoms with Crippen LogP contribution >= 0.6 is 7.81 Å². The van der Waals surface area contributed by atoms with E-state index >= 15 is 0 Å². The molecular formula is C35H44F6N3O7PRu+. The smallest absolute Gasteiger partial charge is 0.0312 e. The van der Waals surface area contributed by atoms with Gasteiger partial charge < -0.3 is 30.2 Å². The first-order chi connectivity index (χ1) is 23.8. The Kier molecular flexibility index (Phi) is 17.3. The number of esters is 1. The molecule has 18 heteroatoms. The predicted octanol–water partition coefficient (Wildman–Crippen LogP) is 8.06. The summed E-state index contributed by atoms with van der Waals surface area (Å²) in [6.07, 6.45) is 10.1. The van der Waals surface area contributed by atoms with E-state index in [1.807, 2.05) is 52.0 Å². The Hall–Kier alpha value is -3.45. The number of carbonyl (C=O) groups is 4. The molecule has 0 spiro atoms. The Balaban J connectivity index is 0.000000918. The molecule has 0 unspecified atom stereocenters. The van der Waals surface area contributed by atoms with Gasteiger partial charge in [0, 0.05) is 12.8 Å². The normalized spacial score (nSPS) is 20.9. The fourth-order valence-electron chi connectivity index (χ4n) is 4.57. The first-order valence-corrected chi connectivity index (χ1v) is 18.1. The molecule has 1 saturated carbocycles. The second kappa shape index (κ2) is 19.2. The second-order valence-corrected chi connectivity index (χ2v) is 14.8. The number of rotatable bonds is 4. The monoisotopic (exact) mass is 865 g/mol. The molecule has 10 nitrogen and oxygen atoms in total. The van der Waals surface area contributed by atoms with Crippen LogP contribution in [0.3, 0.4) is 0 Å². The van der Waals surface area contributed by atoms with Crippen LogP contribution in [0.5, 0.6) is 11.5 Å². The number of nitrogens with one attached hydrogen (secondary N) is 3. The number of amides is 3. The number of ether oxygens (including phenoxy) is 3. The maximum atomic E-state index is 13.6. The third kappa shape index (κ3) is 21.1. The summed E-state index contributed by atoms with van der Waals surface area (Å²) in [7, 11) is -9.41. The third-order valence-corrected chi connectivity index (χ3v) is 7.10. The molecule has 0 aromatic heterocycles. The Morgan fingerprint density at radius 3 is 1.91 bits per heavy atom. The number of halogens is 6. The zero-order chi connectivity index (χ0) is 39.4. The van der Waals surface area contributed by atoms with E-state index in [-0.39, 0.29) is 38.2 Å². The summed E-state index contributed by atoms with van der Waals surface area (Å²) >= 11 is 0. The number of carbonyl (C=O) groups excluding carboxylic acids is 4. The molecule has 3 aliphatic rings. The fraction of sp³-hybridized carbons (Fsp3) is 0.400. The van der Waals surface area contributed by atoms with Crippen molar-refractivity contribution in [1.29, 1.82) is 0 Å². The molecule has 295 valence electrons. The van der Waals surface area contributed by atoms with Gasteiger partial charge in [-0.1, -0.05) is 44.5 Å². The zero-order valence-electron chi connectivity index (χ0n) is 29.9. The van der Waals surface area contributed by atoms with E-state index < -0.39 is 55.4 Å². The van der Waals surface area contributed by atoms with E-state index in [0.29, 0.717) is 17.9 Å². The van der Waals surface area contributed by atoms with Gasteiger partial charge in [-0.25, -0.2) is 9.59 Å². The number of fused-ring (bicyclic) bond motifs is 10. The van der Waals surface area contributed by atoms with Crippen molar-refractivity contribution in [1.82, 2.24) is 16.0 Å². The van der Waals surface area contributed by atoms with Gasteiger partial charge in [0.15, 0.2) is 0 Å². The van der Waals surface area contributed by atoms with E-state index in [9.17, 15) is 44.4 Å². The van der Waals surface area contributed by atoms with Crippen LogP contribution in [0, 0.1) is 38.0 Å². The molecule has 3 N–H and O–H groups in total. The summed E-state index contributed by atoms with van der Waals surface area (Å²) in [5, 5.41) is 8.21. The van der Waals surface area contributed by atoms with Crippen molar-refractivity contribution < 1.29 is 78.0 Å². The van der Waals surface area contributed by atoms with Crippen LogP contribution in [0.25, 0.3) is 0 Å². The molecule has 5 rings (SSSR count). The number of alkyl carbamates (subject to hydrolysis) is 1. The quantitative estimate of drug-likeness (QED) is 0.123. The number of methoxy groups -OCH3 is 1. The Morgan fingerprint density at radius 2 is 1.42 bits per heavy atom. The molecule has 0 saturated heterocycles. The van der Waals surface area contributed by atoms with Crippen LogP contribution in [-0.2, 0) is 56.2 Å². The van der Waals surface area contributed by atoms with Gasteiger partial charge in [0.1, 0.15) is 35.2 Å². The first-order valence-electron chi connectivity index (χ1n) is 16.1. The van der Waals surface area contributed by atoms with Gasteiger partial charge in [-0.3, -0.25) is 9.59 Å². The van der Waals surface area contributed by atoms with Crippen molar-refractivity contribution in [3.05, 3.63) is 91.8 Å². The van der Waals surface area contributed by atoms with Gasteiger partial charge in [-0.05, 0) is 94.2 Å². The van der Waals surface area contributed by atoms with E-state index in [0.717, 1.165) is 11.1 Å². The minimum Gasteiger partial charge on any atom is -0.0312 e. The average molecular weight is 865 g/mol. The molecule has 4 bridgehead atoms. The van der Waals surface area contributed by atoms with Crippen LogP contribution in [0.1, 0.15) is 52.2 Å². The predicted molar refractivity (Wildman–Crippen MR) is 184 cm³/mol. The summed E-state index contributed by atoms with van der Waals surface area (Å²) in [4.78, 5) is 52.4. The number of hydrogen-bond acceptors (Lipinski definition) is 7. The van der Waals surface area contributed by atoms with Crippen molar-refractivity contribution in [2.45, 2.75) is 77.6 Å². The number of hydrogen-bond donors (Lipinski definition) is 3. The summed E-state index contributed by atoms with van der Waals surface area (Å²) < 4.78 is 75.5. The summed E-state index contributed by atoms with van der Waals surface area (Å²) in [6, 6.07) is 11.4. The van der Waals surface area contributed by atoms with Crippen molar-refractivity contribution in [3.63, 3.8) is 0 Å². The number of benzene rings is 2. The van der Waals surface area contributed by atoms with E-state index in [4.69, 9.17) is 14.2 Å². The van der Waals surface area contributed by atoms with Crippen molar-refractivity contribution in [2.24, 2.45) is 5.92 Å². The maximum absolute atomic E-state index is 13.6. The molecule has 53 heavy (non-hydrogen) atoms. The van der Waals surface area contributed by atoms with Gasteiger partial charge in [-0.2, -0.15) is 0 Å². The van der Waals surface area contributed by atoms with Gasteiger partial charge in [0.05, 0.1) is 7.11 Å². The summed E-state index contributed by atoms with van der Waals surface area (Å²) in [6.45, 7) is 8.90. The van der Waals surface area contributed by atoms with Crippen LogP contribution < -0.4 is 20.7 Å². The molecule has 4 atom stereocenters. The molecule has 1 aliphatic carbocycles. The molecule has 5 radical (unpaired) electrons. The van der Waals surface area contributed by atoms with E-state index in [2.05, 4.69) is 16.0 Å².